The van der Waals surface area contributed by atoms with Crippen LogP contribution in [-0.4, -0.2) is 29.9 Å². The van der Waals surface area contributed by atoms with Gasteiger partial charge in [0.05, 0.1) is 12.3 Å². The molecule has 0 saturated carbocycles. The molecule has 1 aromatic rings. The number of piperidine rings is 1. The SMILES string of the molecule is CC(=O)N1CCC(NC(C)c2ccco2)CC1. The highest BCUT2D eigenvalue weighted by Crippen LogP contribution is 2.17. The third-order valence-electron chi connectivity index (χ3n) is 3.40. The molecule has 1 amide bonds. The predicted octanol–water partition coefficient (Wildman–Crippen LogP) is 1.94. The van der Waals surface area contributed by atoms with E-state index in [2.05, 4.69) is 12.2 Å². The van der Waals surface area contributed by atoms with Gasteiger partial charge in [-0.15, -0.1) is 0 Å². The van der Waals surface area contributed by atoms with E-state index >= 15 is 0 Å². The Kier molecular flexibility index (Phi) is 3.84. The lowest BCUT2D eigenvalue weighted by Gasteiger charge is -2.33. The molecular weight excluding hydrogens is 216 g/mol. The largest absolute Gasteiger partial charge is 0.468 e. The van der Waals surface area contributed by atoms with Crippen molar-refractivity contribution < 1.29 is 9.21 Å². The summed E-state index contributed by atoms with van der Waals surface area (Å²) in [4.78, 5) is 13.1. The van der Waals surface area contributed by atoms with Crippen LogP contribution < -0.4 is 5.32 Å². The minimum absolute atomic E-state index is 0.183. The lowest BCUT2D eigenvalue weighted by Crippen LogP contribution is -2.44. The Morgan fingerprint density at radius 1 is 1.53 bits per heavy atom. The van der Waals surface area contributed by atoms with Crippen LogP contribution in [0.15, 0.2) is 22.8 Å². The van der Waals surface area contributed by atoms with Crippen molar-refractivity contribution in [2.24, 2.45) is 0 Å². The number of nitrogens with zero attached hydrogens (tertiary/aromatic N) is 1. The zero-order valence-corrected chi connectivity index (χ0v) is 10.5. The minimum Gasteiger partial charge on any atom is -0.468 e. The van der Waals surface area contributed by atoms with Crippen LogP contribution in [-0.2, 0) is 4.79 Å². The van der Waals surface area contributed by atoms with Crippen molar-refractivity contribution >= 4 is 5.91 Å². The molecule has 1 aromatic heterocycles. The van der Waals surface area contributed by atoms with Gasteiger partial charge in [-0.25, -0.2) is 0 Å². The molecule has 0 spiro atoms. The molecule has 17 heavy (non-hydrogen) atoms. The number of furan rings is 1. The van der Waals surface area contributed by atoms with Crippen LogP contribution in [0.4, 0.5) is 0 Å². The van der Waals surface area contributed by atoms with Crippen molar-refractivity contribution in [2.75, 3.05) is 13.1 Å². The maximum Gasteiger partial charge on any atom is 0.219 e. The fourth-order valence-electron chi connectivity index (χ4n) is 2.33. The Hall–Kier alpha value is -1.29. The molecule has 0 bridgehead atoms. The number of carbonyl (C=O) groups excluding carboxylic acids is 1. The summed E-state index contributed by atoms with van der Waals surface area (Å²) in [5, 5.41) is 3.55. The van der Waals surface area contributed by atoms with Gasteiger partial charge in [-0.3, -0.25) is 4.79 Å². The van der Waals surface area contributed by atoms with Crippen LogP contribution in [0.2, 0.25) is 0 Å². The Bertz CT molecular complexity index is 354. The Morgan fingerprint density at radius 3 is 2.76 bits per heavy atom. The molecule has 0 aromatic carbocycles. The van der Waals surface area contributed by atoms with Crippen molar-refractivity contribution in [1.29, 1.82) is 0 Å². The fraction of sp³-hybridized carbons (Fsp3) is 0.615. The topological polar surface area (TPSA) is 45.5 Å². The molecule has 4 nitrogen and oxygen atoms in total. The third-order valence-corrected chi connectivity index (χ3v) is 3.40. The summed E-state index contributed by atoms with van der Waals surface area (Å²) in [6, 6.07) is 4.61. The van der Waals surface area contributed by atoms with Gasteiger partial charge in [-0.2, -0.15) is 0 Å². The van der Waals surface area contributed by atoms with Gasteiger partial charge < -0.3 is 14.6 Å². The number of hydrogen-bond donors (Lipinski definition) is 1. The molecular formula is C13H20N2O2. The molecule has 1 aliphatic rings. The van der Waals surface area contributed by atoms with E-state index in [9.17, 15) is 4.79 Å². The molecule has 94 valence electrons. The summed E-state index contributed by atoms with van der Waals surface area (Å²) >= 11 is 0. The van der Waals surface area contributed by atoms with Gasteiger partial charge in [-0.1, -0.05) is 0 Å². The van der Waals surface area contributed by atoms with E-state index < -0.39 is 0 Å². The molecule has 1 N–H and O–H groups in total. The highest BCUT2D eigenvalue weighted by molar-refractivity contribution is 5.73. The summed E-state index contributed by atoms with van der Waals surface area (Å²) in [7, 11) is 0. The molecule has 2 rings (SSSR count). The second-order valence-electron chi connectivity index (χ2n) is 4.68. The standard InChI is InChI=1S/C13H20N2O2/c1-10(13-4-3-9-17-13)14-12-5-7-15(8-6-12)11(2)16/h3-4,9-10,12,14H,5-8H2,1-2H3. The maximum atomic E-state index is 11.2. The number of carbonyl (C=O) groups is 1. The van der Waals surface area contributed by atoms with Gasteiger partial charge in [-0.05, 0) is 31.9 Å². The molecule has 2 heterocycles. The van der Waals surface area contributed by atoms with Crippen LogP contribution in [0, 0.1) is 0 Å². The summed E-state index contributed by atoms with van der Waals surface area (Å²) in [5.74, 6) is 1.15. The van der Waals surface area contributed by atoms with Crippen LogP contribution in [0.3, 0.4) is 0 Å². The Labute approximate surface area is 102 Å². The first-order chi connectivity index (χ1) is 8.16. The van der Waals surface area contributed by atoms with E-state index in [1.807, 2.05) is 17.0 Å². The molecule has 4 heteroatoms. The first-order valence-electron chi connectivity index (χ1n) is 6.22. The molecule has 0 radical (unpaired) electrons. The fourth-order valence-corrected chi connectivity index (χ4v) is 2.33. The number of hydrogen-bond acceptors (Lipinski definition) is 3. The highest BCUT2D eigenvalue weighted by Gasteiger charge is 2.22. The summed E-state index contributed by atoms with van der Waals surface area (Å²) < 4.78 is 5.37. The van der Waals surface area contributed by atoms with Crippen molar-refractivity contribution in [3.05, 3.63) is 24.2 Å². The van der Waals surface area contributed by atoms with E-state index in [0.29, 0.717) is 6.04 Å². The number of amides is 1. The van der Waals surface area contributed by atoms with Gasteiger partial charge >= 0.3 is 0 Å². The van der Waals surface area contributed by atoms with E-state index in [-0.39, 0.29) is 11.9 Å². The van der Waals surface area contributed by atoms with Crippen LogP contribution in [0.5, 0.6) is 0 Å². The number of nitrogens with one attached hydrogen (secondary N) is 1. The van der Waals surface area contributed by atoms with E-state index in [1.54, 1.807) is 13.2 Å². The first kappa shape index (κ1) is 12.2. The second-order valence-corrected chi connectivity index (χ2v) is 4.68. The van der Waals surface area contributed by atoms with Crippen molar-refractivity contribution in [1.82, 2.24) is 10.2 Å². The van der Waals surface area contributed by atoms with E-state index in [0.717, 1.165) is 31.7 Å². The zero-order chi connectivity index (χ0) is 12.3. The summed E-state index contributed by atoms with van der Waals surface area (Å²) in [6.45, 7) is 5.46. The van der Waals surface area contributed by atoms with Gasteiger partial charge in [0, 0.05) is 26.1 Å². The summed E-state index contributed by atoms with van der Waals surface area (Å²) in [5.41, 5.74) is 0. The number of likely N-dealkylation sites (tertiary alicyclic amines) is 1. The van der Waals surface area contributed by atoms with Crippen LogP contribution >= 0.6 is 0 Å². The molecule has 1 unspecified atom stereocenters. The average Bonchev–Trinajstić information content (AvgIpc) is 2.83. The van der Waals surface area contributed by atoms with Gasteiger partial charge in [0.25, 0.3) is 0 Å². The second kappa shape index (κ2) is 5.36. The number of rotatable bonds is 3. The maximum absolute atomic E-state index is 11.2. The Balaban J connectivity index is 1.80. The molecule has 0 aliphatic carbocycles. The Morgan fingerprint density at radius 2 is 2.24 bits per heavy atom. The molecule has 1 fully saturated rings. The van der Waals surface area contributed by atoms with Crippen LogP contribution in [0.1, 0.15) is 38.5 Å². The molecule has 1 aliphatic heterocycles. The lowest BCUT2D eigenvalue weighted by molar-refractivity contribution is -0.129. The van der Waals surface area contributed by atoms with E-state index in [4.69, 9.17) is 4.42 Å². The monoisotopic (exact) mass is 236 g/mol. The minimum atomic E-state index is 0.183. The normalized spacial score (nSPS) is 19.3. The molecule has 1 atom stereocenters. The lowest BCUT2D eigenvalue weighted by atomic mass is 10.0. The first-order valence-corrected chi connectivity index (χ1v) is 6.22. The predicted molar refractivity (Wildman–Crippen MR) is 65.5 cm³/mol. The quantitative estimate of drug-likeness (QED) is 0.872. The van der Waals surface area contributed by atoms with Gasteiger partial charge in [0.1, 0.15) is 5.76 Å². The highest BCUT2D eigenvalue weighted by atomic mass is 16.3. The van der Waals surface area contributed by atoms with Gasteiger partial charge in [0.2, 0.25) is 5.91 Å². The van der Waals surface area contributed by atoms with Gasteiger partial charge in [0.15, 0.2) is 0 Å². The molecule has 1 saturated heterocycles. The third kappa shape index (κ3) is 3.09. The summed E-state index contributed by atoms with van der Waals surface area (Å²) in [6.07, 6.45) is 3.74. The smallest absolute Gasteiger partial charge is 0.219 e. The van der Waals surface area contributed by atoms with Crippen molar-refractivity contribution in [3.8, 4) is 0 Å². The zero-order valence-electron chi connectivity index (χ0n) is 10.5. The average molecular weight is 236 g/mol. The van der Waals surface area contributed by atoms with Crippen molar-refractivity contribution in [2.45, 2.75) is 38.8 Å². The van der Waals surface area contributed by atoms with Crippen LogP contribution in [0.25, 0.3) is 0 Å². The van der Waals surface area contributed by atoms with E-state index in [1.165, 1.54) is 0 Å². The van der Waals surface area contributed by atoms with Crippen molar-refractivity contribution in [3.63, 3.8) is 0 Å².